The summed E-state index contributed by atoms with van der Waals surface area (Å²) in [6.45, 7) is 0. The van der Waals surface area contributed by atoms with Crippen molar-refractivity contribution in [3.05, 3.63) is 84.9 Å². The first kappa shape index (κ1) is 15.0. The van der Waals surface area contributed by atoms with E-state index in [9.17, 15) is 0 Å². The van der Waals surface area contributed by atoms with Crippen LogP contribution >= 0.6 is 11.3 Å². The second kappa shape index (κ2) is 5.45. The third-order valence-corrected chi connectivity index (χ3v) is 6.80. The second-order valence-corrected chi connectivity index (χ2v) is 8.15. The molecule has 6 aromatic rings. The molecule has 0 radical (unpaired) electrons. The molecule has 0 fully saturated rings. The predicted molar refractivity (Wildman–Crippen MR) is 119 cm³/mol. The summed E-state index contributed by atoms with van der Waals surface area (Å²) in [5, 5.41) is 5.38. The van der Waals surface area contributed by atoms with E-state index in [2.05, 4.69) is 96.5 Å². The Hall–Kier alpha value is -3.10. The standard InChI is InChI=1S/C25H17NS/c1-26-22-14-11-17(16-7-3-2-4-8-16)15-21(22)19-12-13-20-18-9-5-6-10-23(18)27-25(20)24(19)26/h2-15H,1H3. The zero-order valence-corrected chi connectivity index (χ0v) is 15.8. The first-order chi connectivity index (χ1) is 13.3. The van der Waals surface area contributed by atoms with Crippen LogP contribution in [0.3, 0.4) is 0 Å². The highest BCUT2D eigenvalue weighted by Gasteiger charge is 2.15. The van der Waals surface area contributed by atoms with Gasteiger partial charge in [0.1, 0.15) is 0 Å². The number of rotatable bonds is 1. The molecule has 2 heterocycles. The molecule has 128 valence electrons. The average Bonchev–Trinajstić information content (AvgIpc) is 3.24. The van der Waals surface area contributed by atoms with Crippen molar-refractivity contribution in [2.45, 2.75) is 0 Å². The second-order valence-electron chi connectivity index (χ2n) is 7.09. The number of aromatic nitrogens is 1. The van der Waals surface area contributed by atoms with Crippen molar-refractivity contribution in [2.24, 2.45) is 7.05 Å². The van der Waals surface area contributed by atoms with E-state index >= 15 is 0 Å². The van der Waals surface area contributed by atoms with Crippen LogP contribution < -0.4 is 0 Å². The van der Waals surface area contributed by atoms with Gasteiger partial charge in [0, 0.05) is 38.8 Å². The Labute approximate surface area is 161 Å². The van der Waals surface area contributed by atoms with Crippen molar-refractivity contribution in [1.29, 1.82) is 0 Å². The van der Waals surface area contributed by atoms with Gasteiger partial charge in [0.2, 0.25) is 0 Å². The van der Waals surface area contributed by atoms with Gasteiger partial charge in [-0.1, -0.05) is 66.7 Å². The van der Waals surface area contributed by atoms with Gasteiger partial charge in [0.25, 0.3) is 0 Å². The normalized spacial score (nSPS) is 11.9. The van der Waals surface area contributed by atoms with Crippen LogP contribution in [-0.4, -0.2) is 4.57 Å². The molecule has 2 heteroatoms. The van der Waals surface area contributed by atoms with Gasteiger partial charge in [-0.15, -0.1) is 11.3 Å². The summed E-state index contributed by atoms with van der Waals surface area (Å²) in [6, 6.07) is 30.8. The molecule has 6 rings (SSSR count). The van der Waals surface area contributed by atoms with Crippen molar-refractivity contribution in [3.63, 3.8) is 0 Å². The van der Waals surface area contributed by atoms with Crippen LogP contribution in [0.4, 0.5) is 0 Å². The summed E-state index contributed by atoms with van der Waals surface area (Å²) in [7, 11) is 2.19. The van der Waals surface area contributed by atoms with Crippen LogP contribution in [0.1, 0.15) is 0 Å². The lowest BCUT2D eigenvalue weighted by Crippen LogP contribution is -1.86. The van der Waals surface area contributed by atoms with E-state index in [1.807, 2.05) is 11.3 Å². The van der Waals surface area contributed by atoms with Crippen molar-refractivity contribution in [2.75, 3.05) is 0 Å². The zero-order chi connectivity index (χ0) is 18.0. The highest BCUT2D eigenvalue weighted by Crippen LogP contribution is 2.41. The van der Waals surface area contributed by atoms with Crippen LogP contribution in [0.15, 0.2) is 84.9 Å². The van der Waals surface area contributed by atoms with Crippen molar-refractivity contribution >= 4 is 53.3 Å². The maximum absolute atomic E-state index is 2.36. The number of hydrogen-bond donors (Lipinski definition) is 0. The highest BCUT2D eigenvalue weighted by molar-refractivity contribution is 7.26. The largest absolute Gasteiger partial charge is 0.342 e. The SMILES string of the molecule is Cn1c2ccc(-c3ccccc3)cc2c2ccc3c4ccccc4sc3c21. The molecule has 0 aliphatic rings. The average molecular weight is 363 g/mol. The topological polar surface area (TPSA) is 4.93 Å². The molecule has 4 aromatic carbocycles. The number of aryl methyl sites for hydroxylation is 1. The molecule has 2 aromatic heterocycles. The van der Waals surface area contributed by atoms with E-state index in [1.54, 1.807) is 0 Å². The summed E-state index contributed by atoms with van der Waals surface area (Å²) < 4.78 is 5.10. The first-order valence-electron chi connectivity index (χ1n) is 9.19. The molecular weight excluding hydrogens is 346 g/mol. The van der Waals surface area contributed by atoms with Crippen molar-refractivity contribution in [3.8, 4) is 11.1 Å². The summed E-state index contributed by atoms with van der Waals surface area (Å²) in [4.78, 5) is 0. The van der Waals surface area contributed by atoms with Gasteiger partial charge >= 0.3 is 0 Å². The Morgan fingerprint density at radius 2 is 1.41 bits per heavy atom. The fourth-order valence-corrected chi connectivity index (χ4v) is 5.59. The van der Waals surface area contributed by atoms with Crippen LogP contribution in [0.2, 0.25) is 0 Å². The fourth-order valence-electron chi connectivity index (χ4n) is 4.30. The maximum atomic E-state index is 2.36. The smallest absolute Gasteiger partial charge is 0.0670 e. The summed E-state index contributed by atoms with van der Waals surface area (Å²) in [5.41, 5.74) is 5.16. The Kier molecular flexibility index (Phi) is 3.03. The Morgan fingerprint density at radius 3 is 2.30 bits per heavy atom. The molecule has 27 heavy (non-hydrogen) atoms. The molecule has 0 bridgehead atoms. The van der Waals surface area contributed by atoms with Gasteiger partial charge in [-0.2, -0.15) is 0 Å². The number of thiophene rings is 1. The lowest BCUT2D eigenvalue weighted by Gasteiger charge is -2.03. The molecule has 1 nitrogen and oxygen atoms in total. The minimum atomic E-state index is 1.26. The first-order valence-corrected chi connectivity index (χ1v) is 10.0. The fraction of sp³-hybridized carbons (Fsp3) is 0.0400. The maximum Gasteiger partial charge on any atom is 0.0670 e. The van der Waals surface area contributed by atoms with E-state index in [-0.39, 0.29) is 0 Å². The number of benzene rings is 4. The zero-order valence-electron chi connectivity index (χ0n) is 14.9. The monoisotopic (exact) mass is 363 g/mol. The minimum absolute atomic E-state index is 1.26. The Morgan fingerprint density at radius 1 is 0.630 bits per heavy atom. The molecule has 0 aliphatic carbocycles. The lowest BCUT2D eigenvalue weighted by molar-refractivity contribution is 1.02. The Bertz CT molecular complexity index is 1470. The van der Waals surface area contributed by atoms with E-state index < -0.39 is 0 Å². The minimum Gasteiger partial charge on any atom is -0.342 e. The van der Waals surface area contributed by atoms with Gasteiger partial charge in [0.15, 0.2) is 0 Å². The van der Waals surface area contributed by atoms with E-state index in [0.717, 1.165) is 0 Å². The lowest BCUT2D eigenvalue weighted by atomic mass is 10.0. The van der Waals surface area contributed by atoms with Gasteiger partial charge in [0.05, 0.1) is 10.2 Å². The van der Waals surface area contributed by atoms with Crippen LogP contribution in [-0.2, 0) is 7.05 Å². The molecule has 0 aliphatic heterocycles. The number of hydrogen-bond acceptors (Lipinski definition) is 1. The number of nitrogens with zero attached hydrogens (tertiary/aromatic N) is 1. The molecule has 0 atom stereocenters. The van der Waals surface area contributed by atoms with Gasteiger partial charge in [-0.05, 0) is 29.3 Å². The van der Waals surface area contributed by atoms with E-state index in [0.29, 0.717) is 0 Å². The summed E-state index contributed by atoms with van der Waals surface area (Å²) in [6.07, 6.45) is 0. The van der Waals surface area contributed by atoms with Crippen LogP contribution in [0.25, 0.3) is 53.1 Å². The molecule has 0 N–H and O–H groups in total. The molecular formula is C25H17NS. The molecule has 0 amide bonds. The van der Waals surface area contributed by atoms with Crippen LogP contribution in [0.5, 0.6) is 0 Å². The molecule has 0 saturated carbocycles. The van der Waals surface area contributed by atoms with Gasteiger partial charge in [-0.3, -0.25) is 0 Å². The third-order valence-electron chi connectivity index (χ3n) is 5.61. The van der Waals surface area contributed by atoms with Gasteiger partial charge < -0.3 is 4.57 Å². The molecule has 0 saturated heterocycles. The highest BCUT2D eigenvalue weighted by atomic mass is 32.1. The summed E-state index contributed by atoms with van der Waals surface area (Å²) in [5.74, 6) is 0. The van der Waals surface area contributed by atoms with Gasteiger partial charge in [-0.25, -0.2) is 0 Å². The van der Waals surface area contributed by atoms with E-state index in [4.69, 9.17) is 0 Å². The van der Waals surface area contributed by atoms with Crippen molar-refractivity contribution in [1.82, 2.24) is 4.57 Å². The van der Waals surface area contributed by atoms with E-state index in [1.165, 1.54) is 53.1 Å². The quantitative estimate of drug-likeness (QED) is 0.287. The molecule has 0 spiro atoms. The third kappa shape index (κ3) is 2.05. The van der Waals surface area contributed by atoms with Crippen LogP contribution in [0, 0.1) is 0 Å². The molecule has 0 unspecified atom stereocenters. The predicted octanol–water partition coefficient (Wildman–Crippen LogP) is 7.37. The number of fused-ring (bicyclic) bond motifs is 7. The summed E-state index contributed by atoms with van der Waals surface area (Å²) >= 11 is 1.90. The van der Waals surface area contributed by atoms with Crippen molar-refractivity contribution < 1.29 is 0 Å². The Balaban J connectivity index is 1.74.